The van der Waals surface area contributed by atoms with Crippen LogP contribution in [0.15, 0.2) is 24.3 Å². The van der Waals surface area contributed by atoms with Crippen molar-refractivity contribution in [3.8, 4) is 23.5 Å². The van der Waals surface area contributed by atoms with Crippen LogP contribution in [0.5, 0.6) is 11.5 Å². The lowest BCUT2D eigenvalue weighted by atomic mass is 10.1. The molecule has 1 aromatic heterocycles. The van der Waals surface area contributed by atoms with Crippen LogP contribution in [0.3, 0.4) is 0 Å². The molecule has 0 aliphatic heterocycles. The van der Waals surface area contributed by atoms with Crippen molar-refractivity contribution in [3.05, 3.63) is 35.4 Å². The van der Waals surface area contributed by atoms with Crippen LogP contribution in [-0.4, -0.2) is 6.61 Å². The molecule has 0 radical (unpaired) electrons. The number of rotatable bonds is 7. The van der Waals surface area contributed by atoms with Crippen LogP contribution in [0.4, 0.5) is 0 Å². The summed E-state index contributed by atoms with van der Waals surface area (Å²) in [4.78, 5) is 0. The average Bonchev–Trinajstić information content (AvgIpc) is 3.03. The fraction of sp³-hybridized carbons (Fsp3) is 0.391. The zero-order valence-electron chi connectivity index (χ0n) is 16.1. The predicted octanol–water partition coefficient (Wildman–Crippen LogP) is 6.99. The minimum absolute atomic E-state index is 0.796. The minimum Gasteiger partial charge on any atom is -0.493 e. The van der Waals surface area contributed by atoms with Gasteiger partial charge >= 0.3 is 0 Å². The highest BCUT2D eigenvalue weighted by Gasteiger charge is 2.14. The predicted molar refractivity (Wildman–Crippen MR) is 113 cm³/mol. The lowest BCUT2D eigenvalue weighted by Gasteiger charge is -2.09. The summed E-state index contributed by atoms with van der Waals surface area (Å²) in [6, 6.07) is 8.46. The van der Waals surface area contributed by atoms with Crippen molar-refractivity contribution in [2.75, 3.05) is 6.61 Å². The molecule has 2 nitrogen and oxygen atoms in total. The van der Waals surface area contributed by atoms with Gasteiger partial charge in [-0.1, -0.05) is 32.1 Å². The fourth-order valence-electron chi connectivity index (χ4n) is 3.22. The molecule has 0 atom stereocenters. The van der Waals surface area contributed by atoms with Gasteiger partial charge in [0.15, 0.2) is 0 Å². The zero-order chi connectivity index (χ0) is 18.5. The SMILES string of the molecule is CC#COc1ccc2c(sc3c(C)c(OCCCCCC)ccc32)c1C. The normalized spacial score (nSPS) is 10.8. The molecule has 0 amide bonds. The van der Waals surface area contributed by atoms with E-state index in [1.807, 2.05) is 17.4 Å². The Morgan fingerprint density at radius 1 is 0.885 bits per heavy atom. The molecule has 3 aromatic rings. The average molecular weight is 367 g/mol. The molecule has 3 rings (SSSR count). The zero-order valence-corrected chi connectivity index (χ0v) is 16.9. The van der Waals surface area contributed by atoms with Gasteiger partial charge in [-0.05, 0) is 44.5 Å². The molecule has 0 saturated carbocycles. The first-order valence-electron chi connectivity index (χ1n) is 9.34. The maximum Gasteiger partial charge on any atom is 0.144 e. The topological polar surface area (TPSA) is 18.5 Å². The summed E-state index contributed by atoms with van der Waals surface area (Å²) in [5.74, 6) is 4.62. The van der Waals surface area contributed by atoms with Crippen LogP contribution in [0.25, 0.3) is 20.2 Å². The second kappa shape index (κ2) is 8.47. The van der Waals surface area contributed by atoms with Crippen molar-refractivity contribution >= 4 is 31.5 Å². The van der Waals surface area contributed by atoms with E-state index >= 15 is 0 Å². The van der Waals surface area contributed by atoms with Gasteiger partial charge in [0.05, 0.1) is 6.61 Å². The van der Waals surface area contributed by atoms with Crippen molar-refractivity contribution in [2.45, 2.75) is 53.4 Å². The number of hydrogen-bond donors (Lipinski definition) is 0. The standard InChI is InChI=1S/C23H26O2S/c1-5-7-8-9-15-25-21-13-11-19-18-10-12-20(24-14-6-2)16(3)22(18)26-23(19)17(21)4/h10-13H,5,7-9,15H2,1-4H3. The van der Waals surface area contributed by atoms with E-state index in [2.05, 4.69) is 51.0 Å². The van der Waals surface area contributed by atoms with Gasteiger partial charge in [-0.25, -0.2) is 0 Å². The van der Waals surface area contributed by atoms with Crippen molar-refractivity contribution in [3.63, 3.8) is 0 Å². The minimum atomic E-state index is 0.796. The summed E-state index contributed by atoms with van der Waals surface area (Å²) in [6.45, 7) is 9.07. The van der Waals surface area contributed by atoms with Crippen molar-refractivity contribution in [2.24, 2.45) is 0 Å². The molecule has 3 heteroatoms. The van der Waals surface area contributed by atoms with E-state index < -0.39 is 0 Å². The molecule has 0 aliphatic rings. The smallest absolute Gasteiger partial charge is 0.144 e. The third kappa shape index (κ3) is 3.66. The van der Waals surface area contributed by atoms with Crippen LogP contribution in [0.1, 0.15) is 50.7 Å². The molecule has 2 aromatic carbocycles. The highest BCUT2D eigenvalue weighted by molar-refractivity contribution is 7.26. The lowest BCUT2D eigenvalue weighted by Crippen LogP contribution is -1.98. The van der Waals surface area contributed by atoms with E-state index in [9.17, 15) is 0 Å². The third-order valence-electron chi connectivity index (χ3n) is 4.73. The fourth-order valence-corrected chi connectivity index (χ4v) is 4.51. The molecular weight excluding hydrogens is 340 g/mol. The third-order valence-corrected chi connectivity index (χ3v) is 6.19. The Labute approximate surface area is 160 Å². The van der Waals surface area contributed by atoms with E-state index in [-0.39, 0.29) is 0 Å². The highest BCUT2D eigenvalue weighted by Crippen LogP contribution is 2.42. The number of benzene rings is 2. The number of aryl methyl sites for hydroxylation is 2. The molecule has 0 spiro atoms. The van der Waals surface area contributed by atoms with Crippen molar-refractivity contribution < 1.29 is 9.47 Å². The molecule has 0 aliphatic carbocycles. The molecule has 0 bridgehead atoms. The van der Waals surface area contributed by atoms with Crippen LogP contribution in [0.2, 0.25) is 0 Å². The molecule has 0 N–H and O–H groups in total. The van der Waals surface area contributed by atoms with Crippen LogP contribution in [0, 0.1) is 25.9 Å². The highest BCUT2D eigenvalue weighted by atomic mass is 32.1. The first-order valence-corrected chi connectivity index (χ1v) is 10.2. The van der Waals surface area contributed by atoms with E-state index in [1.165, 1.54) is 45.0 Å². The molecule has 1 heterocycles. The summed E-state index contributed by atoms with van der Waals surface area (Å²) in [7, 11) is 0. The monoisotopic (exact) mass is 366 g/mol. The number of hydrogen-bond acceptors (Lipinski definition) is 3. The molecule has 0 fully saturated rings. The maximum atomic E-state index is 6.06. The second-order valence-corrected chi connectivity index (χ2v) is 7.62. The molecule has 136 valence electrons. The van der Waals surface area contributed by atoms with E-state index in [4.69, 9.17) is 9.47 Å². The number of thiophene rings is 1. The second-order valence-electron chi connectivity index (χ2n) is 6.60. The summed E-state index contributed by atoms with van der Waals surface area (Å²) < 4.78 is 14.2. The maximum absolute atomic E-state index is 6.06. The summed E-state index contributed by atoms with van der Waals surface area (Å²) in [5.41, 5.74) is 2.38. The van der Waals surface area contributed by atoms with Crippen LogP contribution < -0.4 is 9.47 Å². The Morgan fingerprint density at radius 3 is 2.19 bits per heavy atom. The van der Waals surface area contributed by atoms with Gasteiger partial charge in [0, 0.05) is 38.2 Å². The van der Waals surface area contributed by atoms with Gasteiger partial charge in [0.25, 0.3) is 0 Å². The Balaban J connectivity index is 1.93. The largest absolute Gasteiger partial charge is 0.493 e. The molecular formula is C23H26O2S. The first kappa shape index (κ1) is 18.6. The van der Waals surface area contributed by atoms with E-state index in [0.29, 0.717) is 0 Å². The number of unbranched alkanes of at least 4 members (excludes halogenated alkanes) is 3. The molecule has 0 unspecified atom stereocenters. The van der Waals surface area contributed by atoms with Gasteiger partial charge in [-0.3, -0.25) is 0 Å². The van der Waals surface area contributed by atoms with Gasteiger partial charge in [0.1, 0.15) is 17.6 Å². The summed E-state index contributed by atoms with van der Waals surface area (Å²) in [6.07, 6.45) is 7.59. The van der Waals surface area contributed by atoms with Crippen molar-refractivity contribution in [1.29, 1.82) is 0 Å². The van der Waals surface area contributed by atoms with E-state index in [1.54, 1.807) is 6.92 Å². The quantitative estimate of drug-likeness (QED) is 0.331. The molecule has 0 saturated heterocycles. The van der Waals surface area contributed by atoms with E-state index in [0.717, 1.165) is 30.1 Å². The Hall–Kier alpha value is -2.18. The Bertz CT molecular complexity index is 973. The van der Waals surface area contributed by atoms with Gasteiger partial charge in [-0.15, -0.1) is 11.3 Å². The number of ether oxygens (including phenoxy) is 2. The summed E-state index contributed by atoms with van der Waals surface area (Å²) in [5, 5.41) is 2.56. The first-order chi connectivity index (χ1) is 12.7. The number of fused-ring (bicyclic) bond motifs is 3. The lowest BCUT2D eigenvalue weighted by molar-refractivity contribution is 0.303. The van der Waals surface area contributed by atoms with Gasteiger partial charge in [-0.2, -0.15) is 0 Å². The summed E-state index contributed by atoms with van der Waals surface area (Å²) >= 11 is 1.82. The van der Waals surface area contributed by atoms with Crippen molar-refractivity contribution in [1.82, 2.24) is 0 Å². The van der Waals surface area contributed by atoms with Crippen LogP contribution in [-0.2, 0) is 0 Å². The van der Waals surface area contributed by atoms with Gasteiger partial charge < -0.3 is 9.47 Å². The Kier molecular flexibility index (Phi) is 6.06. The van der Waals surface area contributed by atoms with Gasteiger partial charge in [0.2, 0.25) is 0 Å². The van der Waals surface area contributed by atoms with Crippen LogP contribution >= 0.6 is 11.3 Å². The molecule has 26 heavy (non-hydrogen) atoms. The Morgan fingerprint density at radius 2 is 1.54 bits per heavy atom.